The molecule has 1 aromatic heterocycles. The molecule has 0 aliphatic carbocycles. The monoisotopic (exact) mass is 270 g/mol. The number of aryl methyl sites for hydroxylation is 1. The SMILES string of the molecule is CNC(C)c1cc(C)ccc1OCCc1ccccn1. The van der Waals surface area contributed by atoms with Crippen molar-refractivity contribution in [1.29, 1.82) is 0 Å². The van der Waals surface area contributed by atoms with E-state index in [0.29, 0.717) is 6.61 Å². The lowest BCUT2D eigenvalue weighted by Gasteiger charge is -2.17. The largest absolute Gasteiger partial charge is 0.493 e. The summed E-state index contributed by atoms with van der Waals surface area (Å²) in [6.45, 7) is 4.88. The van der Waals surface area contributed by atoms with Crippen molar-refractivity contribution in [1.82, 2.24) is 10.3 Å². The van der Waals surface area contributed by atoms with Gasteiger partial charge in [-0.3, -0.25) is 4.98 Å². The fourth-order valence-electron chi connectivity index (χ4n) is 2.10. The average Bonchev–Trinajstić information content (AvgIpc) is 2.49. The van der Waals surface area contributed by atoms with Crippen LogP contribution in [0.1, 0.15) is 29.8 Å². The predicted molar refractivity (Wildman–Crippen MR) is 82.1 cm³/mol. The van der Waals surface area contributed by atoms with Crippen molar-refractivity contribution in [3.63, 3.8) is 0 Å². The normalized spacial score (nSPS) is 12.2. The summed E-state index contributed by atoms with van der Waals surface area (Å²) in [5, 5.41) is 3.26. The third kappa shape index (κ3) is 3.81. The van der Waals surface area contributed by atoms with Crippen LogP contribution in [0.3, 0.4) is 0 Å². The molecule has 0 spiro atoms. The Bertz CT molecular complexity index is 540. The summed E-state index contributed by atoms with van der Waals surface area (Å²) < 4.78 is 5.94. The molecule has 1 heterocycles. The summed E-state index contributed by atoms with van der Waals surface area (Å²) in [5.74, 6) is 0.952. The van der Waals surface area contributed by atoms with E-state index >= 15 is 0 Å². The molecular formula is C17H22N2O. The Morgan fingerprint density at radius 2 is 2.10 bits per heavy atom. The maximum Gasteiger partial charge on any atom is 0.124 e. The van der Waals surface area contributed by atoms with Gasteiger partial charge in [0.25, 0.3) is 0 Å². The zero-order valence-corrected chi connectivity index (χ0v) is 12.4. The maximum absolute atomic E-state index is 5.94. The van der Waals surface area contributed by atoms with Crippen molar-refractivity contribution < 1.29 is 4.74 Å². The van der Waals surface area contributed by atoms with Crippen LogP contribution < -0.4 is 10.1 Å². The number of rotatable bonds is 6. The molecule has 1 unspecified atom stereocenters. The first-order chi connectivity index (χ1) is 9.70. The van der Waals surface area contributed by atoms with Gasteiger partial charge < -0.3 is 10.1 Å². The minimum atomic E-state index is 0.278. The Morgan fingerprint density at radius 1 is 1.25 bits per heavy atom. The number of aromatic nitrogens is 1. The van der Waals surface area contributed by atoms with E-state index in [9.17, 15) is 0 Å². The molecule has 0 bridgehead atoms. The minimum absolute atomic E-state index is 0.278. The van der Waals surface area contributed by atoms with Crippen LogP contribution in [-0.4, -0.2) is 18.6 Å². The molecule has 0 fully saturated rings. The summed E-state index contributed by atoms with van der Waals surface area (Å²) in [6.07, 6.45) is 2.64. The van der Waals surface area contributed by atoms with E-state index in [2.05, 4.69) is 42.3 Å². The lowest BCUT2D eigenvalue weighted by atomic mass is 10.0. The highest BCUT2D eigenvalue weighted by Crippen LogP contribution is 2.26. The first kappa shape index (κ1) is 14.5. The van der Waals surface area contributed by atoms with Crippen LogP contribution >= 0.6 is 0 Å². The lowest BCUT2D eigenvalue weighted by Crippen LogP contribution is -2.14. The van der Waals surface area contributed by atoms with Crippen molar-refractivity contribution in [2.45, 2.75) is 26.3 Å². The molecule has 0 saturated heterocycles. The molecule has 1 atom stereocenters. The highest BCUT2D eigenvalue weighted by molar-refractivity contribution is 5.39. The molecule has 2 rings (SSSR count). The van der Waals surface area contributed by atoms with Gasteiger partial charge in [0.15, 0.2) is 0 Å². The summed E-state index contributed by atoms with van der Waals surface area (Å²) in [7, 11) is 1.96. The van der Waals surface area contributed by atoms with E-state index in [1.165, 1.54) is 11.1 Å². The van der Waals surface area contributed by atoms with E-state index in [1.807, 2.05) is 31.4 Å². The maximum atomic E-state index is 5.94. The number of benzene rings is 1. The van der Waals surface area contributed by atoms with E-state index < -0.39 is 0 Å². The van der Waals surface area contributed by atoms with Gasteiger partial charge in [-0.1, -0.05) is 23.8 Å². The van der Waals surface area contributed by atoms with Gasteiger partial charge in [-0.2, -0.15) is 0 Å². The van der Waals surface area contributed by atoms with Gasteiger partial charge in [0.1, 0.15) is 5.75 Å². The molecule has 3 nitrogen and oxygen atoms in total. The van der Waals surface area contributed by atoms with Gasteiger partial charge in [0, 0.05) is 29.9 Å². The molecule has 1 N–H and O–H groups in total. The summed E-state index contributed by atoms with van der Waals surface area (Å²) in [5.41, 5.74) is 3.51. The highest BCUT2D eigenvalue weighted by atomic mass is 16.5. The van der Waals surface area contributed by atoms with Crippen molar-refractivity contribution in [3.8, 4) is 5.75 Å². The quantitative estimate of drug-likeness (QED) is 0.874. The number of hydrogen-bond acceptors (Lipinski definition) is 3. The topological polar surface area (TPSA) is 34.1 Å². The molecular weight excluding hydrogens is 248 g/mol. The van der Waals surface area contributed by atoms with Gasteiger partial charge >= 0.3 is 0 Å². The molecule has 0 radical (unpaired) electrons. The summed E-state index contributed by atoms with van der Waals surface area (Å²) in [4.78, 5) is 4.31. The Morgan fingerprint density at radius 3 is 2.80 bits per heavy atom. The molecule has 3 heteroatoms. The van der Waals surface area contributed by atoms with Crippen molar-refractivity contribution in [2.75, 3.05) is 13.7 Å². The van der Waals surface area contributed by atoms with Gasteiger partial charge in [0.05, 0.1) is 6.61 Å². The van der Waals surface area contributed by atoms with Crippen LogP contribution in [0.15, 0.2) is 42.6 Å². The number of pyridine rings is 1. The van der Waals surface area contributed by atoms with E-state index in [1.54, 1.807) is 0 Å². The van der Waals surface area contributed by atoms with Crippen molar-refractivity contribution in [2.24, 2.45) is 0 Å². The van der Waals surface area contributed by atoms with Gasteiger partial charge in [-0.25, -0.2) is 0 Å². The standard InChI is InChI=1S/C17H22N2O/c1-13-7-8-17(16(12-13)14(2)18-3)20-11-9-15-6-4-5-10-19-15/h4-8,10,12,14,18H,9,11H2,1-3H3. The summed E-state index contributed by atoms with van der Waals surface area (Å²) >= 11 is 0. The van der Waals surface area contributed by atoms with Crippen LogP contribution in [0.4, 0.5) is 0 Å². The number of nitrogens with one attached hydrogen (secondary N) is 1. The van der Waals surface area contributed by atoms with Crippen molar-refractivity contribution >= 4 is 0 Å². The van der Waals surface area contributed by atoms with Crippen LogP contribution in [0.25, 0.3) is 0 Å². The van der Waals surface area contributed by atoms with Crippen LogP contribution in [0.2, 0.25) is 0 Å². The van der Waals surface area contributed by atoms with Crippen LogP contribution in [-0.2, 0) is 6.42 Å². The van der Waals surface area contributed by atoms with E-state index in [4.69, 9.17) is 4.74 Å². The zero-order chi connectivity index (χ0) is 14.4. The second-order valence-electron chi connectivity index (χ2n) is 4.97. The molecule has 0 aliphatic heterocycles. The number of nitrogens with zero attached hydrogens (tertiary/aromatic N) is 1. The molecule has 2 aromatic rings. The lowest BCUT2D eigenvalue weighted by molar-refractivity contribution is 0.314. The second-order valence-corrected chi connectivity index (χ2v) is 4.97. The number of ether oxygens (including phenoxy) is 1. The number of hydrogen-bond donors (Lipinski definition) is 1. The third-order valence-electron chi connectivity index (χ3n) is 3.41. The molecule has 0 amide bonds. The van der Waals surface area contributed by atoms with Gasteiger partial charge in [-0.05, 0) is 39.1 Å². The van der Waals surface area contributed by atoms with E-state index in [-0.39, 0.29) is 6.04 Å². The molecule has 106 valence electrons. The highest BCUT2D eigenvalue weighted by Gasteiger charge is 2.10. The van der Waals surface area contributed by atoms with Crippen molar-refractivity contribution in [3.05, 3.63) is 59.4 Å². The Kier molecular flexibility index (Phi) is 5.13. The molecule has 1 aromatic carbocycles. The molecule has 0 aliphatic rings. The Hall–Kier alpha value is -1.87. The van der Waals surface area contributed by atoms with Gasteiger partial charge in [-0.15, -0.1) is 0 Å². The van der Waals surface area contributed by atoms with Crippen LogP contribution in [0, 0.1) is 6.92 Å². The Labute approximate surface area is 121 Å². The first-order valence-corrected chi connectivity index (χ1v) is 7.01. The second kappa shape index (κ2) is 7.06. The average molecular weight is 270 g/mol. The van der Waals surface area contributed by atoms with Crippen LogP contribution in [0.5, 0.6) is 5.75 Å². The Balaban J connectivity index is 2.02. The molecule has 20 heavy (non-hydrogen) atoms. The third-order valence-corrected chi connectivity index (χ3v) is 3.41. The fourth-order valence-corrected chi connectivity index (χ4v) is 2.10. The fraction of sp³-hybridized carbons (Fsp3) is 0.353. The van der Waals surface area contributed by atoms with Gasteiger partial charge in [0.2, 0.25) is 0 Å². The smallest absolute Gasteiger partial charge is 0.124 e. The minimum Gasteiger partial charge on any atom is -0.493 e. The predicted octanol–water partition coefficient (Wildman–Crippen LogP) is 3.29. The summed E-state index contributed by atoms with van der Waals surface area (Å²) in [6, 6.07) is 12.5. The molecule has 0 saturated carbocycles. The van der Waals surface area contributed by atoms with E-state index in [0.717, 1.165) is 17.9 Å². The zero-order valence-electron chi connectivity index (χ0n) is 12.4. The first-order valence-electron chi connectivity index (χ1n) is 7.01.